The molecule has 4 amide bonds. The van der Waals surface area contributed by atoms with Crippen molar-refractivity contribution in [2.45, 2.75) is 161 Å². The van der Waals surface area contributed by atoms with Crippen LogP contribution < -0.4 is 21.3 Å². The molecule has 48 heavy (non-hydrogen) atoms. The van der Waals surface area contributed by atoms with Crippen molar-refractivity contribution >= 4 is 35.2 Å². The number of rotatable bonds is 14. The van der Waals surface area contributed by atoms with Crippen LogP contribution >= 0.6 is 0 Å². The predicted molar refractivity (Wildman–Crippen MR) is 181 cm³/mol. The Morgan fingerprint density at radius 2 is 1.54 bits per heavy atom. The summed E-state index contributed by atoms with van der Waals surface area (Å²) in [5, 5.41) is 12.1. The molecule has 0 radical (unpaired) electrons. The molecular formula is C37H59N5O6. The van der Waals surface area contributed by atoms with E-state index in [1.54, 1.807) is 13.8 Å². The highest BCUT2D eigenvalue weighted by atomic mass is 16.2. The molecule has 11 heteroatoms. The molecule has 0 aromatic rings. The number of nitrogens with zero attached hydrogens (tertiary/aromatic N) is 1. The first kappa shape index (κ1) is 36.5. The molecule has 5 rings (SSSR count). The summed E-state index contributed by atoms with van der Waals surface area (Å²) in [6.07, 6.45) is 12.5. The number of hydrogen-bond donors (Lipinski definition) is 4. The number of carbonyl (C=O) groups excluding carboxylic acids is 6. The number of Topliss-reactive ketones (excluding diaryl/α,β-unsaturated/α-hetero) is 2. The fourth-order valence-electron chi connectivity index (χ4n) is 9.17. The SMILES string of the molecule is CCC[C@H](NCC1CC[C@@H]2CCCC3[C@@H]2N1C(=O)[C@@H](NC(=O)C(NC(=O)C(=O)C(C)C)C1CCCCC1)C3(C)C)C(=O)C(=O)NC1CC1. The van der Waals surface area contributed by atoms with Crippen LogP contribution in [-0.4, -0.2) is 82.9 Å². The van der Waals surface area contributed by atoms with Crippen LogP contribution in [0.2, 0.25) is 0 Å². The van der Waals surface area contributed by atoms with Gasteiger partial charge in [-0.2, -0.15) is 0 Å². The van der Waals surface area contributed by atoms with Gasteiger partial charge in [0.1, 0.15) is 12.1 Å². The molecule has 7 atom stereocenters. The zero-order valence-electron chi connectivity index (χ0n) is 29.8. The lowest BCUT2D eigenvalue weighted by Gasteiger charge is -2.61. The highest BCUT2D eigenvalue weighted by Crippen LogP contribution is 2.52. The normalized spacial score (nSPS) is 29.8. The van der Waals surface area contributed by atoms with E-state index in [1.807, 2.05) is 11.8 Å². The van der Waals surface area contributed by atoms with Crippen LogP contribution in [0.1, 0.15) is 125 Å². The molecule has 3 unspecified atom stereocenters. The summed E-state index contributed by atoms with van der Waals surface area (Å²) < 4.78 is 0. The first-order valence-electron chi connectivity index (χ1n) is 18.9. The van der Waals surface area contributed by atoms with Crippen molar-refractivity contribution in [2.24, 2.45) is 29.1 Å². The Bertz CT molecular complexity index is 1240. The maximum Gasteiger partial charge on any atom is 0.289 e. The van der Waals surface area contributed by atoms with Gasteiger partial charge < -0.3 is 26.2 Å². The third-order valence-electron chi connectivity index (χ3n) is 12.1. The van der Waals surface area contributed by atoms with Crippen LogP contribution in [0.4, 0.5) is 0 Å². The van der Waals surface area contributed by atoms with Crippen LogP contribution in [0.5, 0.6) is 0 Å². The smallest absolute Gasteiger partial charge is 0.289 e. The lowest BCUT2D eigenvalue weighted by atomic mass is 9.57. The second kappa shape index (κ2) is 15.4. The molecule has 5 fully saturated rings. The molecule has 2 saturated heterocycles. The molecule has 0 spiro atoms. The molecule has 5 aliphatic rings. The largest absolute Gasteiger partial charge is 0.347 e. The minimum Gasteiger partial charge on any atom is -0.347 e. The number of carbonyl (C=O) groups is 6. The number of nitrogens with one attached hydrogen (secondary N) is 4. The Balaban J connectivity index is 1.36. The van der Waals surface area contributed by atoms with Crippen LogP contribution in [0, 0.1) is 29.1 Å². The van der Waals surface area contributed by atoms with Gasteiger partial charge in [0.05, 0.1) is 6.04 Å². The average Bonchev–Trinajstić information content (AvgIpc) is 3.89. The van der Waals surface area contributed by atoms with E-state index in [0.717, 1.165) is 83.5 Å². The van der Waals surface area contributed by atoms with Gasteiger partial charge in [-0.3, -0.25) is 28.8 Å². The summed E-state index contributed by atoms with van der Waals surface area (Å²) in [6, 6.07) is -2.33. The van der Waals surface area contributed by atoms with Crippen LogP contribution in [0.15, 0.2) is 0 Å². The Labute approximate surface area is 286 Å². The molecule has 0 aromatic heterocycles. The maximum absolute atomic E-state index is 14.7. The van der Waals surface area contributed by atoms with E-state index >= 15 is 0 Å². The highest BCUT2D eigenvalue weighted by molar-refractivity contribution is 6.38. The van der Waals surface area contributed by atoms with Crippen molar-refractivity contribution in [2.75, 3.05) is 6.54 Å². The zero-order chi connectivity index (χ0) is 34.7. The fraction of sp³-hybridized carbons (Fsp3) is 0.838. The maximum atomic E-state index is 14.7. The molecular weight excluding hydrogens is 610 g/mol. The van der Waals surface area contributed by atoms with E-state index < -0.39 is 58.7 Å². The predicted octanol–water partition coefficient (Wildman–Crippen LogP) is 3.18. The second-order valence-corrected chi connectivity index (χ2v) is 16.3. The van der Waals surface area contributed by atoms with Crippen molar-refractivity contribution in [3.8, 4) is 0 Å². The van der Waals surface area contributed by atoms with Gasteiger partial charge in [0.15, 0.2) is 0 Å². The lowest BCUT2D eigenvalue weighted by molar-refractivity contribution is -0.171. The van der Waals surface area contributed by atoms with E-state index in [0.29, 0.717) is 18.9 Å². The van der Waals surface area contributed by atoms with Gasteiger partial charge in [-0.25, -0.2) is 0 Å². The molecule has 4 N–H and O–H groups in total. The molecule has 3 saturated carbocycles. The second-order valence-electron chi connectivity index (χ2n) is 16.3. The zero-order valence-corrected chi connectivity index (χ0v) is 29.8. The van der Waals surface area contributed by atoms with Gasteiger partial charge >= 0.3 is 0 Å². The molecule has 2 aliphatic heterocycles. The quantitative estimate of drug-likeness (QED) is 0.207. The van der Waals surface area contributed by atoms with Crippen molar-refractivity contribution in [1.82, 2.24) is 26.2 Å². The third-order valence-corrected chi connectivity index (χ3v) is 12.1. The van der Waals surface area contributed by atoms with Crippen LogP contribution in [0.3, 0.4) is 0 Å². The van der Waals surface area contributed by atoms with Crippen LogP contribution in [0.25, 0.3) is 0 Å². The third kappa shape index (κ3) is 7.81. The lowest BCUT2D eigenvalue weighted by Crippen LogP contribution is -2.74. The molecule has 3 aliphatic carbocycles. The highest BCUT2D eigenvalue weighted by Gasteiger charge is 2.59. The van der Waals surface area contributed by atoms with Crippen molar-refractivity contribution in [1.29, 1.82) is 0 Å². The monoisotopic (exact) mass is 669 g/mol. The van der Waals surface area contributed by atoms with Crippen molar-refractivity contribution in [3.05, 3.63) is 0 Å². The topological polar surface area (TPSA) is 154 Å². The van der Waals surface area contributed by atoms with E-state index in [2.05, 4.69) is 35.1 Å². The van der Waals surface area contributed by atoms with Gasteiger partial charge in [0, 0.05) is 30.6 Å². The number of hydrogen-bond acceptors (Lipinski definition) is 7. The Morgan fingerprint density at radius 3 is 2.19 bits per heavy atom. The summed E-state index contributed by atoms with van der Waals surface area (Å²) in [7, 11) is 0. The van der Waals surface area contributed by atoms with Gasteiger partial charge in [-0.1, -0.05) is 66.7 Å². The fourth-order valence-corrected chi connectivity index (χ4v) is 9.17. The first-order valence-corrected chi connectivity index (χ1v) is 18.9. The summed E-state index contributed by atoms with van der Waals surface area (Å²) >= 11 is 0. The number of ketones is 2. The van der Waals surface area contributed by atoms with Gasteiger partial charge in [-0.05, 0) is 81.0 Å². The Morgan fingerprint density at radius 1 is 0.833 bits per heavy atom. The van der Waals surface area contributed by atoms with Crippen molar-refractivity contribution < 1.29 is 28.8 Å². The van der Waals surface area contributed by atoms with E-state index in [-0.39, 0.29) is 35.9 Å². The van der Waals surface area contributed by atoms with Gasteiger partial charge in [0.2, 0.25) is 23.4 Å². The number of amides is 4. The molecule has 0 aromatic carbocycles. The van der Waals surface area contributed by atoms with E-state index in [1.165, 1.54) is 0 Å². The summed E-state index contributed by atoms with van der Waals surface area (Å²) in [6.45, 7) is 9.90. The summed E-state index contributed by atoms with van der Waals surface area (Å²) in [4.78, 5) is 82.2. The van der Waals surface area contributed by atoms with E-state index in [9.17, 15) is 28.8 Å². The molecule has 0 bridgehead atoms. The molecule has 11 nitrogen and oxygen atoms in total. The minimum atomic E-state index is -0.887. The van der Waals surface area contributed by atoms with Crippen molar-refractivity contribution in [3.63, 3.8) is 0 Å². The van der Waals surface area contributed by atoms with Crippen LogP contribution in [-0.2, 0) is 28.8 Å². The van der Waals surface area contributed by atoms with E-state index in [4.69, 9.17) is 0 Å². The van der Waals surface area contributed by atoms with Gasteiger partial charge in [-0.15, -0.1) is 0 Å². The Hall–Kier alpha value is -2.82. The Kier molecular flexibility index (Phi) is 11.7. The standard InChI is InChI=1S/C37H59N5O6/c1-6-11-27(31(44)35(47)39-24-17-18-24)38-20-25-19-16-23-14-10-15-26-29(23)42(25)36(48)32(37(26,4)5)41-33(45)28(22-12-8-7-9-13-22)40-34(46)30(43)21(2)3/h21-29,32,38H,6-20H2,1-5H3,(H,39,47)(H,40,46)(H,41,45)/t23-,25?,26?,27-,28?,29+,32+/m0/s1. The summed E-state index contributed by atoms with van der Waals surface area (Å²) in [5.74, 6) is -2.84. The summed E-state index contributed by atoms with van der Waals surface area (Å²) in [5.41, 5.74) is -0.529. The number of piperidine rings is 2. The first-order chi connectivity index (χ1) is 22.8. The van der Waals surface area contributed by atoms with Gasteiger partial charge in [0.25, 0.3) is 11.8 Å². The minimum absolute atomic E-state index is 0.0472. The average molecular weight is 670 g/mol. The molecule has 2 heterocycles. The molecule has 268 valence electrons.